The van der Waals surface area contributed by atoms with Crippen LogP contribution in [0.5, 0.6) is 0 Å². The molecule has 0 bridgehead atoms. The summed E-state index contributed by atoms with van der Waals surface area (Å²) < 4.78 is 31.3. The minimum absolute atomic E-state index is 0.00776. The molecule has 2 N–H and O–H groups in total. The number of carbonyl (C=O) groups excluding carboxylic acids is 3. The number of thioether (sulfide) groups is 1. The molecule has 0 aliphatic carbocycles. The molecule has 0 fully saturated rings. The third-order valence-corrected chi connectivity index (χ3v) is 4.47. The zero-order valence-corrected chi connectivity index (χ0v) is 16.6. The van der Waals surface area contributed by atoms with Gasteiger partial charge in [0.1, 0.15) is 11.6 Å². The first-order valence-corrected chi connectivity index (χ1v) is 9.67. The summed E-state index contributed by atoms with van der Waals surface area (Å²) in [6, 6.07) is 9.09. The van der Waals surface area contributed by atoms with Gasteiger partial charge in [-0.3, -0.25) is 9.59 Å². The smallest absolute Gasteiger partial charge is 0.339 e. The van der Waals surface area contributed by atoms with Crippen LogP contribution in [0.2, 0.25) is 0 Å². The fraction of sp³-hybridized carbons (Fsp3) is 0.250. The Hall–Kier alpha value is -2.94. The van der Waals surface area contributed by atoms with Crippen LogP contribution in [-0.4, -0.2) is 36.2 Å². The molecule has 0 spiro atoms. The molecule has 2 aromatic rings. The number of nitrogens with one attached hydrogen (secondary N) is 2. The van der Waals surface area contributed by atoms with Crippen molar-refractivity contribution in [2.24, 2.45) is 0 Å². The standard InChI is InChI=1S/C20H20F2N2O4S/c1-12(2)23-19(26)11-29-17-6-4-3-5-16(17)20(27)28-10-18(25)24-15-8-13(21)7-14(22)9-15/h3-9,12H,10-11H2,1-2H3,(H,23,26)(H,24,25). The van der Waals surface area contributed by atoms with Gasteiger partial charge in [0.05, 0.1) is 11.3 Å². The van der Waals surface area contributed by atoms with Gasteiger partial charge in [0.2, 0.25) is 5.91 Å². The third kappa shape index (κ3) is 7.53. The number of hydrogen-bond acceptors (Lipinski definition) is 5. The van der Waals surface area contributed by atoms with Crippen molar-refractivity contribution in [1.29, 1.82) is 0 Å². The second kappa shape index (κ2) is 10.6. The molecule has 2 aromatic carbocycles. The van der Waals surface area contributed by atoms with E-state index in [9.17, 15) is 23.2 Å². The van der Waals surface area contributed by atoms with Gasteiger partial charge >= 0.3 is 5.97 Å². The Morgan fingerprint density at radius 3 is 2.34 bits per heavy atom. The van der Waals surface area contributed by atoms with Gasteiger partial charge in [0, 0.05) is 22.7 Å². The van der Waals surface area contributed by atoms with Crippen molar-refractivity contribution in [3.05, 3.63) is 59.7 Å². The molecule has 6 nitrogen and oxygen atoms in total. The van der Waals surface area contributed by atoms with Crippen molar-refractivity contribution in [2.45, 2.75) is 24.8 Å². The minimum atomic E-state index is -0.843. The van der Waals surface area contributed by atoms with Crippen LogP contribution in [0.15, 0.2) is 47.4 Å². The molecule has 9 heteroatoms. The molecule has 2 amide bonds. The summed E-state index contributed by atoms with van der Waals surface area (Å²) in [6.07, 6.45) is 0. The molecule has 0 aliphatic rings. The Bertz CT molecular complexity index is 886. The Morgan fingerprint density at radius 1 is 1.03 bits per heavy atom. The first kappa shape index (κ1) is 22.4. The van der Waals surface area contributed by atoms with E-state index in [4.69, 9.17) is 4.74 Å². The highest BCUT2D eigenvalue weighted by Gasteiger charge is 2.16. The lowest BCUT2D eigenvalue weighted by Gasteiger charge is -2.11. The van der Waals surface area contributed by atoms with Gasteiger partial charge in [0.25, 0.3) is 5.91 Å². The fourth-order valence-electron chi connectivity index (χ4n) is 2.30. The van der Waals surface area contributed by atoms with E-state index in [2.05, 4.69) is 10.6 Å². The number of anilines is 1. The van der Waals surface area contributed by atoms with Crippen LogP contribution in [0, 0.1) is 11.6 Å². The number of amides is 2. The topological polar surface area (TPSA) is 84.5 Å². The first-order chi connectivity index (χ1) is 13.7. The average Bonchev–Trinajstić information content (AvgIpc) is 2.63. The van der Waals surface area contributed by atoms with E-state index < -0.39 is 30.1 Å². The van der Waals surface area contributed by atoms with Crippen molar-refractivity contribution in [3.8, 4) is 0 Å². The number of carbonyl (C=O) groups is 3. The second-order valence-electron chi connectivity index (χ2n) is 6.29. The highest BCUT2D eigenvalue weighted by Crippen LogP contribution is 2.23. The molecule has 0 radical (unpaired) electrons. The van der Waals surface area contributed by atoms with Crippen molar-refractivity contribution in [3.63, 3.8) is 0 Å². The molecule has 0 aliphatic heterocycles. The quantitative estimate of drug-likeness (QED) is 0.503. The van der Waals surface area contributed by atoms with Gasteiger partial charge in [-0.05, 0) is 38.1 Å². The van der Waals surface area contributed by atoms with Gasteiger partial charge in [0.15, 0.2) is 6.61 Å². The van der Waals surface area contributed by atoms with Crippen LogP contribution in [0.25, 0.3) is 0 Å². The largest absolute Gasteiger partial charge is 0.452 e. The first-order valence-electron chi connectivity index (χ1n) is 8.69. The zero-order chi connectivity index (χ0) is 21.4. The average molecular weight is 422 g/mol. The molecule has 0 heterocycles. The maximum absolute atomic E-state index is 13.1. The van der Waals surface area contributed by atoms with Gasteiger partial charge in [-0.15, -0.1) is 11.8 Å². The summed E-state index contributed by atoms with van der Waals surface area (Å²) in [5.41, 5.74) is 0.120. The molecule has 0 atom stereocenters. The lowest BCUT2D eigenvalue weighted by Crippen LogP contribution is -2.31. The predicted molar refractivity (Wildman–Crippen MR) is 106 cm³/mol. The second-order valence-corrected chi connectivity index (χ2v) is 7.31. The molecule has 0 saturated heterocycles. The van der Waals surface area contributed by atoms with Gasteiger partial charge in [-0.25, -0.2) is 13.6 Å². The van der Waals surface area contributed by atoms with Crippen LogP contribution < -0.4 is 10.6 Å². The van der Waals surface area contributed by atoms with E-state index >= 15 is 0 Å². The van der Waals surface area contributed by atoms with Crippen molar-refractivity contribution in [1.82, 2.24) is 5.32 Å². The number of esters is 1. The van der Waals surface area contributed by atoms with E-state index in [0.717, 1.165) is 12.1 Å². The van der Waals surface area contributed by atoms with Crippen LogP contribution in [0.1, 0.15) is 24.2 Å². The number of benzene rings is 2. The van der Waals surface area contributed by atoms with E-state index in [1.165, 1.54) is 17.8 Å². The fourth-order valence-corrected chi connectivity index (χ4v) is 3.15. The minimum Gasteiger partial charge on any atom is -0.452 e. The van der Waals surface area contributed by atoms with Gasteiger partial charge in [-0.1, -0.05) is 12.1 Å². The highest BCUT2D eigenvalue weighted by atomic mass is 32.2. The van der Waals surface area contributed by atoms with E-state index in [0.29, 0.717) is 11.0 Å². The molecule has 0 aromatic heterocycles. The SMILES string of the molecule is CC(C)NC(=O)CSc1ccccc1C(=O)OCC(=O)Nc1cc(F)cc(F)c1. The van der Waals surface area contributed by atoms with E-state index in [1.807, 2.05) is 13.8 Å². The summed E-state index contributed by atoms with van der Waals surface area (Å²) >= 11 is 1.17. The molecule has 2 rings (SSSR count). The number of halogens is 2. The van der Waals surface area contributed by atoms with E-state index in [1.54, 1.807) is 18.2 Å². The molecular weight excluding hydrogens is 402 g/mol. The molecule has 154 valence electrons. The predicted octanol–water partition coefficient (Wildman–Crippen LogP) is 3.38. The van der Waals surface area contributed by atoms with E-state index in [-0.39, 0.29) is 29.0 Å². The number of hydrogen-bond donors (Lipinski definition) is 2. The Morgan fingerprint density at radius 2 is 1.69 bits per heavy atom. The van der Waals surface area contributed by atoms with Crippen LogP contribution in [0.3, 0.4) is 0 Å². The summed E-state index contributed by atoms with van der Waals surface area (Å²) in [5.74, 6) is -3.24. The molecule has 0 saturated carbocycles. The summed E-state index contributed by atoms with van der Waals surface area (Å²) in [6.45, 7) is 3.05. The third-order valence-electron chi connectivity index (χ3n) is 3.40. The highest BCUT2D eigenvalue weighted by molar-refractivity contribution is 8.00. The molecule has 29 heavy (non-hydrogen) atoms. The normalized spacial score (nSPS) is 10.5. The molecule has 0 unspecified atom stereocenters. The van der Waals surface area contributed by atoms with Crippen molar-refractivity contribution in [2.75, 3.05) is 17.7 Å². The maximum atomic E-state index is 13.1. The van der Waals surface area contributed by atoms with Crippen LogP contribution in [-0.2, 0) is 14.3 Å². The summed E-state index contributed by atoms with van der Waals surface area (Å²) in [7, 11) is 0. The maximum Gasteiger partial charge on any atom is 0.339 e. The lowest BCUT2D eigenvalue weighted by molar-refractivity contribution is -0.119. The number of rotatable bonds is 8. The zero-order valence-electron chi connectivity index (χ0n) is 15.8. The van der Waals surface area contributed by atoms with Crippen LogP contribution >= 0.6 is 11.8 Å². The summed E-state index contributed by atoms with van der Waals surface area (Å²) in [4.78, 5) is 36.5. The Balaban J connectivity index is 1.93. The Labute approximate surface area is 171 Å². The number of ether oxygens (including phenoxy) is 1. The Kier molecular flexibility index (Phi) is 8.14. The van der Waals surface area contributed by atoms with Gasteiger partial charge in [-0.2, -0.15) is 0 Å². The van der Waals surface area contributed by atoms with Gasteiger partial charge < -0.3 is 15.4 Å². The van der Waals surface area contributed by atoms with Crippen molar-refractivity contribution >= 4 is 35.2 Å². The summed E-state index contributed by atoms with van der Waals surface area (Å²) in [5, 5.41) is 5.00. The van der Waals surface area contributed by atoms with Crippen molar-refractivity contribution < 1.29 is 27.9 Å². The monoisotopic (exact) mass is 422 g/mol. The molecular formula is C20H20F2N2O4S. The lowest BCUT2D eigenvalue weighted by atomic mass is 10.2. The van der Waals surface area contributed by atoms with Crippen LogP contribution in [0.4, 0.5) is 14.5 Å².